The van der Waals surface area contributed by atoms with Crippen LogP contribution in [0.15, 0.2) is 28.8 Å². The van der Waals surface area contributed by atoms with Crippen molar-refractivity contribution in [1.29, 1.82) is 0 Å². The predicted molar refractivity (Wildman–Crippen MR) is 121 cm³/mol. The van der Waals surface area contributed by atoms with E-state index in [1.807, 2.05) is 38.1 Å². The average Bonchev–Trinajstić information content (AvgIpc) is 3.40. The van der Waals surface area contributed by atoms with Crippen molar-refractivity contribution < 1.29 is 23.9 Å². The molecule has 0 radical (unpaired) electrons. The largest absolute Gasteiger partial charge is 0.454 e. The van der Waals surface area contributed by atoms with Crippen molar-refractivity contribution in [2.75, 3.05) is 11.9 Å². The number of nitrogens with zero attached hydrogens (tertiary/aromatic N) is 1. The van der Waals surface area contributed by atoms with Crippen LogP contribution in [0.3, 0.4) is 0 Å². The maximum atomic E-state index is 13.1. The van der Waals surface area contributed by atoms with Gasteiger partial charge in [-0.25, -0.2) is 4.79 Å². The third-order valence-corrected chi connectivity index (χ3v) is 7.64. The Morgan fingerprint density at radius 1 is 1.09 bits per heavy atom. The standard InChI is InChI=1S/C24H27BrN2O5/c1-11(2)21(27-22(29)19-14-5-6-15(9-14)20(19)23(27)30)24(31)32-10-18(28)26-17-8-12(3)16(25)7-13(17)4/h5-8,11,14-15,19-21H,9-10H2,1-4H3,(H,26,28)/t14-,15-,19-,20+,21+/m0/s1. The number of carbonyl (C=O) groups excluding carboxylic acids is 4. The second kappa shape index (κ2) is 8.46. The molecule has 0 unspecified atom stereocenters. The Hall–Kier alpha value is -2.48. The van der Waals surface area contributed by atoms with Gasteiger partial charge in [0, 0.05) is 10.2 Å². The highest BCUT2D eigenvalue weighted by atomic mass is 79.9. The van der Waals surface area contributed by atoms with Crippen molar-refractivity contribution in [3.63, 3.8) is 0 Å². The quantitative estimate of drug-likeness (QED) is 0.365. The van der Waals surface area contributed by atoms with Crippen molar-refractivity contribution >= 4 is 45.3 Å². The van der Waals surface area contributed by atoms with Crippen LogP contribution in [-0.2, 0) is 23.9 Å². The van der Waals surface area contributed by atoms with Crippen molar-refractivity contribution in [2.45, 2.75) is 40.2 Å². The summed E-state index contributed by atoms with van der Waals surface area (Å²) in [4.78, 5) is 52.6. The fourth-order valence-corrected chi connectivity index (χ4v) is 5.66. The van der Waals surface area contributed by atoms with Gasteiger partial charge in [0.05, 0.1) is 11.8 Å². The van der Waals surface area contributed by atoms with Crippen LogP contribution >= 0.6 is 15.9 Å². The van der Waals surface area contributed by atoms with Gasteiger partial charge in [-0.2, -0.15) is 0 Å². The first-order valence-electron chi connectivity index (χ1n) is 10.9. The molecular weight excluding hydrogens is 476 g/mol. The molecule has 1 aromatic carbocycles. The lowest BCUT2D eigenvalue weighted by Gasteiger charge is -2.28. The summed E-state index contributed by atoms with van der Waals surface area (Å²) in [5.41, 5.74) is 2.46. The van der Waals surface area contributed by atoms with Crippen LogP contribution in [0.4, 0.5) is 5.69 Å². The molecule has 8 heteroatoms. The highest BCUT2D eigenvalue weighted by molar-refractivity contribution is 9.10. The number of nitrogens with one attached hydrogen (secondary N) is 1. The Balaban J connectivity index is 1.42. The van der Waals surface area contributed by atoms with Crippen molar-refractivity contribution in [3.05, 3.63) is 39.9 Å². The van der Waals surface area contributed by atoms with Gasteiger partial charge in [0.2, 0.25) is 11.8 Å². The van der Waals surface area contributed by atoms with Gasteiger partial charge in [-0.3, -0.25) is 19.3 Å². The summed E-state index contributed by atoms with van der Waals surface area (Å²) in [5, 5.41) is 2.75. The molecule has 1 saturated heterocycles. The zero-order valence-corrected chi connectivity index (χ0v) is 20.1. The molecule has 1 heterocycles. The molecule has 1 saturated carbocycles. The summed E-state index contributed by atoms with van der Waals surface area (Å²) in [6.45, 7) is 6.81. The predicted octanol–water partition coefficient (Wildman–Crippen LogP) is 3.38. The van der Waals surface area contributed by atoms with Crippen LogP contribution in [-0.4, -0.2) is 41.2 Å². The van der Waals surface area contributed by atoms with E-state index >= 15 is 0 Å². The molecule has 1 N–H and O–H groups in total. The van der Waals surface area contributed by atoms with E-state index in [2.05, 4.69) is 21.2 Å². The highest BCUT2D eigenvalue weighted by Crippen LogP contribution is 2.53. The molecule has 2 bridgehead atoms. The normalized spacial score (nSPS) is 26.6. The first-order valence-corrected chi connectivity index (χ1v) is 11.7. The van der Waals surface area contributed by atoms with E-state index in [-0.39, 0.29) is 41.4 Å². The monoisotopic (exact) mass is 502 g/mol. The zero-order chi connectivity index (χ0) is 23.3. The number of allylic oxidation sites excluding steroid dienone is 2. The smallest absolute Gasteiger partial charge is 0.330 e. The Kier molecular flexibility index (Phi) is 6.00. The number of halogens is 1. The number of anilines is 1. The molecule has 2 aliphatic carbocycles. The van der Waals surface area contributed by atoms with Crippen molar-refractivity contribution in [1.82, 2.24) is 4.90 Å². The summed E-state index contributed by atoms with van der Waals surface area (Å²) < 4.78 is 6.21. The lowest BCUT2D eigenvalue weighted by atomic mass is 9.85. The molecule has 1 aromatic rings. The van der Waals surface area contributed by atoms with Crippen LogP contribution in [0.1, 0.15) is 31.4 Å². The summed E-state index contributed by atoms with van der Waals surface area (Å²) in [5.74, 6) is -2.76. The average molecular weight is 503 g/mol. The zero-order valence-electron chi connectivity index (χ0n) is 18.6. The minimum absolute atomic E-state index is 0.0682. The van der Waals surface area contributed by atoms with E-state index in [0.717, 1.165) is 26.9 Å². The van der Waals surface area contributed by atoms with E-state index < -0.39 is 24.5 Å². The number of aryl methyl sites for hydroxylation is 2. The minimum atomic E-state index is -1.04. The molecule has 7 nitrogen and oxygen atoms in total. The Morgan fingerprint density at radius 3 is 2.25 bits per heavy atom. The number of benzene rings is 1. The van der Waals surface area contributed by atoms with Crippen LogP contribution < -0.4 is 5.32 Å². The third kappa shape index (κ3) is 3.78. The fraction of sp³-hybridized carbons (Fsp3) is 0.500. The van der Waals surface area contributed by atoms with Gasteiger partial charge in [-0.15, -0.1) is 0 Å². The number of rotatable bonds is 6. The van der Waals surface area contributed by atoms with Crippen molar-refractivity contribution in [3.8, 4) is 0 Å². The number of likely N-dealkylation sites (tertiary alicyclic amines) is 1. The molecule has 0 spiro atoms. The Labute approximate surface area is 195 Å². The second-order valence-electron chi connectivity index (χ2n) is 9.31. The number of fused-ring (bicyclic) bond motifs is 5. The number of imide groups is 1. The van der Waals surface area contributed by atoms with Crippen LogP contribution in [0.5, 0.6) is 0 Å². The van der Waals surface area contributed by atoms with Gasteiger partial charge in [0.1, 0.15) is 6.04 Å². The first-order chi connectivity index (χ1) is 15.1. The number of hydrogen-bond donors (Lipinski definition) is 1. The third-order valence-electron chi connectivity index (χ3n) is 6.78. The van der Waals surface area contributed by atoms with Crippen LogP contribution in [0.25, 0.3) is 0 Å². The Morgan fingerprint density at radius 2 is 1.69 bits per heavy atom. The summed E-state index contributed by atoms with van der Waals surface area (Å²) in [6, 6.07) is 2.69. The van der Waals surface area contributed by atoms with Gasteiger partial charge in [0.25, 0.3) is 5.91 Å². The second-order valence-corrected chi connectivity index (χ2v) is 10.2. The number of ether oxygens (including phenoxy) is 1. The maximum Gasteiger partial charge on any atom is 0.330 e. The van der Waals surface area contributed by atoms with E-state index in [1.165, 1.54) is 0 Å². The first kappa shape index (κ1) is 22.7. The molecule has 1 aliphatic heterocycles. The lowest BCUT2D eigenvalue weighted by molar-refractivity contribution is -0.162. The molecule has 2 fully saturated rings. The summed E-state index contributed by atoms with van der Waals surface area (Å²) in [7, 11) is 0. The molecule has 4 rings (SSSR count). The minimum Gasteiger partial charge on any atom is -0.454 e. The maximum absolute atomic E-state index is 13.1. The SMILES string of the molecule is Cc1cc(NC(=O)COC(=O)[C@@H](C(C)C)N2C(=O)[C@@H]3[C@H](C2=O)[C@H]2C=C[C@H]3C2)c(C)cc1Br. The Bertz CT molecular complexity index is 1000. The van der Waals surface area contributed by atoms with Gasteiger partial charge in [0.15, 0.2) is 6.61 Å². The molecular formula is C24H27BrN2O5. The molecule has 3 amide bonds. The van der Waals surface area contributed by atoms with Gasteiger partial charge in [-0.05, 0) is 61.3 Å². The molecule has 0 aromatic heterocycles. The van der Waals surface area contributed by atoms with Crippen molar-refractivity contribution in [2.24, 2.45) is 29.6 Å². The topological polar surface area (TPSA) is 92.8 Å². The number of carbonyl (C=O) groups is 4. The summed E-state index contributed by atoms with van der Waals surface area (Å²) >= 11 is 3.45. The van der Waals surface area contributed by atoms with Gasteiger partial charge in [-0.1, -0.05) is 41.9 Å². The molecule has 5 atom stereocenters. The van der Waals surface area contributed by atoms with E-state index in [0.29, 0.717) is 5.69 Å². The lowest BCUT2D eigenvalue weighted by Crippen LogP contribution is -2.50. The number of esters is 1. The van der Waals surface area contributed by atoms with E-state index in [9.17, 15) is 19.2 Å². The van der Waals surface area contributed by atoms with E-state index in [4.69, 9.17) is 4.74 Å². The number of hydrogen-bond acceptors (Lipinski definition) is 5. The highest BCUT2D eigenvalue weighted by Gasteiger charge is 2.61. The van der Waals surface area contributed by atoms with Gasteiger partial charge >= 0.3 is 5.97 Å². The van der Waals surface area contributed by atoms with E-state index in [1.54, 1.807) is 13.8 Å². The molecule has 3 aliphatic rings. The fourth-order valence-electron chi connectivity index (χ4n) is 5.20. The number of amides is 3. The van der Waals surface area contributed by atoms with Crippen LogP contribution in [0.2, 0.25) is 0 Å². The molecule has 170 valence electrons. The molecule has 32 heavy (non-hydrogen) atoms. The summed E-state index contributed by atoms with van der Waals surface area (Å²) in [6.07, 6.45) is 4.85. The van der Waals surface area contributed by atoms with Gasteiger partial charge < -0.3 is 10.1 Å². The van der Waals surface area contributed by atoms with Crippen LogP contribution in [0, 0.1) is 43.4 Å².